The number of nitrogens with one attached hydrogen (secondary N) is 1. The molecule has 80 valence electrons. The van der Waals surface area contributed by atoms with E-state index in [2.05, 4.69) is 10.3 Å². The number of ether oxygens (including phenoxy) is 1. The maximum Gasteiger partial charge on any atom is 0.214 e. The summed E-state index contributed by atoms with van der Waals surface area (Å²) in [5.41, 5.74) is 0. The summed E-state index contributed by atoms with van der Waals surface area (Å²) in [4.78, 5) is 3.79. The van der Waals surface area contributed by atoms with Crippen LogP contribution in [0.25, 0.3) is 0 Å². The molecule has 0 aliphatic carbocycles. The molecule has 3 rings (SSSR count). The Bertz CT molecular complexity index is 371. The fourth-order valence-corrected chi connectivity index (χ4v) is 2.47. The zero-order valence-corrected chi connectivity index (χ0v) is 8.32. The molecule has 2 fully saturated rings. The average molecular weight is 208 g/mol. The van der Waals surface area contributed by atoms with Gasteiger partial charge in [-0.3, -0.25) is 0 Å². The van der Waals surface area contributed by atoms with Gasteiger partial charge in [0, 0.05) is 0 Å². The third kappa shape index (κ3) is 1.69. The summed E-state index contributed by atoms with van der Waals surface area (Å²) >= 11 is 0. The molecule has 0 aromatic carbocycles. The Morgan fingerprint density at radius 1 is 1.40 bits per heavy atom. The number of anilines is 1. The van der Waals surface area contributed by atoms with Gasteiger partial charge in [-0.25, -0.2) is 4.98 Å². The van der Waals surface area contributed by atoms with Crippen LogP contribution in [0.3, 0.4) is 0 Å². The van der Waals surface area contributed by atoms with E-state index in [1.807, 2.05) is 0 Å². The lowest BCUT2D eigenvalue weighted by molar-refractivity contribution is 0.102. The molecule has 0 saturated carbocycles. The molecule has 2 aliphatic rings. The maximum absolute atomic E-state index is 12.8. The van der Waals surface area contributed by atoms with Crippen LogP contribution in [0.15, 0.2) is 18.2 Å². The van der Waals surface area contributed by atoms with Gasteiger partial charge in [0.15, 0.2) is 0 Å². The van der Waals surface area contributed by atoms with Crippen LogP contribution in [0.1, 0.15) is 19.3 Å². The number of nitrogens with zero attached hydrogens (tertiary/aromatic N) is 1. The Morgan fingerprint density at radius 3 is 3.00 bits per heavy atom. The van der Waals surface area contributed by atoms with Crippen molar-refractivity contribution < 1.29 is 9.13 Å². The minimum Gasteiger partial charge on any atom is -0.373 e. The lowest BCUT2D eigenvalue weighted by Crippen LogP contribution is -2.30. The van der Waals surface area contributed by atoms with Crippen molar-refractivity contribution in [3.05, 3.63) is 24.1 Å². The number of halogens is 1. The molecule has 2 aliphatic heterocycles. The summed E-state index contributed by atoms with van der Waals surface area (Å²) < 4.78 is 18.5. The van der Waals surface area contributed by atoms with Crippen LogP contribution in [0.4, 0.5) is 10.2 Å². The fourth-order valence-electron chi connectivity index (χ4n) is 2.47. The third-order valence-electron chi connectivity index (χ3n) is 3.15. The fraction of sp³-hybridized carbons (Fsp3) is 0.545. The highest BCUT2D eigenvalue weighted by Gasteiger charge is 2.40. The normalized spacial score (nSPS) is 33.3. The van der Waals surface area contributed by atoms with Crippen LogP contribution in [0.2, 0.25) is 0 Å². The number of hydrogen-bond donors (Lipinski definition) is 1. The van der Waals surface area contributed by atoms with E-state index < -0.39 is 5.95 Å². The van der Waals surface area contributed by atoms with Gasteiger partial charge in [-0.05, 0) is 31.4 Å². The van der Waals surface area contributed by atoms with Crippen LogP contribution in [-0.2, 0) is 4.74 Å². The molecule has 2 saturated heterocycles. The van der Waals surface area contributed by atoms with Crippen molar-refractivity contribution in [3.63, 3.8) is 0 Å². The van der Waals surface area contributed by atoms with E-state index in [4.69, 9.17) is 4.74 Å². The van der Waals surface area contributed by atoms with E-state index in [9.17, 15) is 4.39 Å². The van der Waals surface area contributed by atoms with Crippen LogP contribution < -0.4 is 5.32 Å². The molecule has 0 amide bonds. The summed E-state index contributed by atoms with van der Waals surface area (Å²) in [6.45, 7) is 0. The molecule has 3 unspecified atom stereocenters. The smallest absolute Gasteiger partial charge is 0.214 e. The van der Waals surface area contributed by atoms with Crippen molar-refractivity contribution in [1.29, 1.82) is 0 Å². The average Bonchev–Trinajstić information content (AvgIpc) is 2.79. The number of hydrogen-bond acceptors (Lipinski definition) is 3. The quantitative estimate of drug-likeness (QED) is 0.754. The molecule has 1 aromatic heterocycles. The molecular weight excluding hydrogens is 195 g/mol. The highest BCUT2D eigenvalue weighted by Crippen LogP contribution is 2.35. The maximum atomic E-state index is 12.8. The number of rotatable bonds is 2. The van der Waals surface area contributed by atoms with Gasteiger partial charge in [-0.2, -0.15) is 4.39 Å². The first-order chi connectivity index (χ1) is 7.31. The van der Waals surface area contributed by atoms with Gasteiger partial charge in [0.2, 0.25) is 5.95 Å². The summed E-state index contributed by atoms with van der Waals surface area (Å²) in [7, 11) is 0. The Hall–Kier alpha value is -1.16. The van der Waals surface area contributed by atoms with Crippen LogP contribution in [-0.4, -0.2) is 23.2 Å². The highest BCUT2D eigenvalue weighted by molar-refractivity contribution is 5.36. The zero-order valence-electron chi connectivity index (χ0n) is 8.32. The van der Waals surface area contributed by atoms with Crippen molar-refractivity contribution >= 4 is 5.82 Å². The van der Waals surface area contributed by atoms with E-state index >= 15 is 0 Å². The summed E-state index contributed by atoms with van der Waals surface area (Å²) in [6, 6.07) is 5.11. The van der Waals surface area contributed by atoms with Gasteiger partial charge in [0.05, 0.1) is 18.2 Å². The van der Waals surface area contributed by atoms with E-state index in [0.717, 1.165) is 12.8 Å². The monoisotopic (exact) mass is 208 g/mol. The van der Waals surface area contributed by atoms with E-state index in [1.54, 1.807) is 12.1 Å². The second kappa shape index (κ2) is 3.45. The second-order valence-electron chi connectivity index (χ2n) is 4.21. The predicted molar refractivity (Wildman–Crippen MR) is 54.1 cm³/mol. The number of aromatic nitrogens is 1. The largest absolute Gasteiger partial charge is 0.373 e. The standard InChI is InChI=1S/C11H13FN2O/c12-10-2-1-3-11(14-10)13-8-6-7-4-5-9(8)15-7/h1-3,7-9H,4-6H2,(H,13,14). The molecule has 3 heterocycles. The van der Waals surface area contributed by atoms with Gasteiger partial charge in [-0.1, -0.05) is 6.07 Å². The molecule has 0 spiro atoms. The Kier molecular flexibility index (Phi) is 2.09. The van der Waals surface area contributed by atoms with Crippen molar-refractivity contribution in [2.45, 2.75) is 37.5 Å². The molecule has 4 heteroatoms. The molecule has 15 heavy (non-hydrogen) atoms. The van der Waals surface area contributed by atoms with Crippen molar-refractivity contribution in [3.8, 4) is 0 Å². The first-order valence-electron chi connectivity index (χ1n) is 5.36. The van der Waals surface area contributed by atoms with Crippen molar-refractivity contribution in [2.24, 2.45) is 0 Å². The lowest BCUT2D eigenvalue weighted by atomic mass is 9.95. The third-order valence-corrected chi connectivity index (χ3v) is 3.15. The van der Waals surface area contributed by atoms with Gasteiger partial charge in [0.1, 0.15) is 5.82 Å². The zero-order chi connectivity index (χ0) is 10.3. The van der Waals surface area contributed by atoms with Crippen molar-refractivity contribution in [1.82, 2.24) is 4.98 Å². The van der Waals surface area contributed by atoms with Gasteiger partial charge in [0.25, 0.3) is 0 Å². The lowest BCUT2D eigenvalue weighted by Gasteiger charge is -2.20. The second-order valence-corrected chi connectivity index (χ2v) is 4.21. The number of fused-ring (bicyclic) bond motifs is 2. The molecule has 0 radical (unpaired) electrons. The number of pyridine rings is 1. The topological polar surface area (TPSA) is 34.1 Å². The molecule has 3 atom stereocenters. The van der Waals surface area contributed by atoms with Crippen LogP contribution >= 0.6 is 0 Å². The van der Waals surface area contributed by atoms with E-state index in [1.165, 1.54) is 12.5 Å². The molecule has 1 aromatic rings. The Labute approximate surface area is 87.7 Å². The van der Waals surface area contributed by atoms with Crippen LogP contribution in [0.5, 0.6) is 0 Å². The van der Waals surface area contributed by atoms with Gasteiger partial charge < -0.3 is 10.1 Å². The molecule has 2 bridgehead atoms. The van der Waals surface area contributed by atoms with Crippen molar-refractivity contribution in [2.75, 3.05) is 5.32 Å². The highest BCUT2D eigenvalue weighted by atomic mass is 19.1. The molecular formula is C11H13FN2O. The summed E-state index contributed by atoms with van der Waals surface area (Å²) in [5, 5.41) is 3.24. The Morgan fingerprint density at radius 2 is 2.33 bits per heavy atom. The summed E-state index contributed by atoms with van der Waals surface area (Å²) in [5.74, 6) is 0.167. The minimum absolute atomic E-state index is 0.292. The van der Waals surface area contributed by atoms with E-state index in [0.29, 0.717) is 24.1 Å². The first-order valence-corrected chi connectivity index (χ1v) is 5.36. The van der Waals surface area contributed by atoms with Gasteiger partial charge >= 0.3 is 0 Å². The van der Waals surface area contributed by atoms with E-state index in [-0.39, 0.29) is 0 Å². The minimum atomic E-state index is -0.441. The SMILES string of the molecule is Fc1cccc(NC2CC3CCC2O3)n1. The molecule has 3 nitrogen and oxygen atoms in total. The predicted octanol–water partition coefficient (Wildman–Crippen LogP) is 1.95. The Balaban J connectivity index is 1.71. The van der Waals surface area contributed by atoms with Crippen LogP contribution in [0, 0.1) is 5.95 Å². The summed E-state index contributed by atoms with van der Waals surface area (Å²) in [6.07, 6.45) is 3.99. The van der Waals surface area contributed by atoms with Gasteiger partial charge in [-0.15, -0.1) is 0 Å². The first kappa shape index (κ1) is 9.09. The molecule has 1 N–H and O–H groups in total.